The van der Waals surface area contributed by atoms with Crippen molar-refractivity contribution in [3.63, 3.8) is 0 Å². The van der Waals surface area contributed by atoms with Gasteiger partial charge in [0.1, 0.15) is 5.75 Å². The van der Waals surface area contributed by atoms with Gasteiger partial charge in [-0.2, -0.15) is 0 Å². The topological polar surface area (TPSA) is 38.7 Å². The summed E-state index contributed by atoms with van der Waals surface area (Å²) in [7, 11) is 1.63. The Labute approximate surface area is 96.0 Å². The maximum Gasteiger partial charge on any atom is 0.124 e. The highest BCUT2D eigenvalue weighted by atomic mass is 16.5. The van der Waals surface area contributed by atoms with Crippen LogP contribution < -0.4 is 4.74 Å². The standard InChI is InChI=1S/C13H18O3/c1-9-10(7-8-16-9)13(14)11-5-3-4-6-12(11)15-2/h3-6,9-10,13-14H,7-8H2,1-2H3. The van der Waals surface area contributed by atoms with Crippen LogP contribution >= 0.6 is 0 Å². The SMILES string of the molecule is COc1ccccc1C(O)C1CCOC1C. The minimum Gasteiger partial charge on any atom is -0.496 e. The van der Waals surface area contributed by atoms with Gasteiger partial charge in [0.25, 0.3) is 0 Å². The van der Waals surface area contributed by atoms with E-state index < -0.39 is 6.10 Å². The van der Waals surface area contributed by atoms with Gasteiger partial charge in [-0.15, -0.1) is 0 Å². The molecule has 3 unspecified atom stereocenters. The molecule has 0 bridgehead atoms. The van der Waals surface area contributed by atoms with Crippen LogP contribution in [0.5, 0.6) is 5.75 Å². The van der Waals surface area contributed by atoms with Gasteiger partial charge in [0.15, 0.2) is 0 Å². The van der Waals surface area contributed by atoms with Crippen molar-refractivity contribution >= 4 is 0 Å². The third kappa shape index (κ3) is 2.06. The third-order valence-corrected chi connectivity index (χ3v) is 3.30. The molecular weight excluding hydrogens is 204 g/mol. The minimum atomic E-state index is -0.506. The molecule has 0 saturated carbocycles. The second kappa shape index (κ2) is 4.85. The van der Waals surface area contributed by atoms with Crippen LogP contribution in [0.25, 0.3) is 0 Å². The number of aliphatic hydroxyl groups is 1. The van der Waals surface area contributed by atoms with Crippen LogP contribution in [-0.2, 0) is 4.74 Å². The number of methoxy groups -OCH3 is 1. The summed E-state index contributed by atoms with van der Waals surface area (Å²) in [5.74, 6) is 0.908. The summed E-state index contributed by atoms with van der Waals surface area (Å²) in [6.45, 7) is 2.74. The monoisotopic (exact) mass is 222 g/mol. The first-order valence-electron chi connectivity index (χ1n) is 5.66. The fourth-order valence-corrected chi connectivity index (χ4v) is 2.30. The second-order valence-corrected chi connectivity index (χ2v) is 4.22. The van der Waals surface area contributed by atoms with Crippen LogP contribution in [0.4, 0.5) is 0 Å². The lowest BCUT2D eigenvalue weighted by Gasteiger charge is -2.22. The Hall–Kier alpha value is -1.06. The highest BCUT2D eigenvalue weighted by Crippen LogP contribution is 2.36. The van der Waals surface area contributed by atoms with E-state index in [4.69, 9.17) is 9.47 Å². The fourth-order valence-electron chi connectivity index (χ4n) is 2.30. The molecule has 16 heavy (non-hydrogen) atoms. The summed E-state index contributed by atoms with van der Waals surface area (Å²) in [4.78, 5) is 0. The average molecular weight is 222 g/mol. The van der Waals surface area contributed by atoms with Gasteiger partial charge in [-0.1, -0.05) is 18.2 Å². The number of hydrogen-bond acceptors (Lipinski definition) is 3. The lowest BCUT2D eigenvalue weighted by atomic mass is 9.90. The Kier molecular flexibility index (Phi) is 3.46. The number of rotatable bonds is 3. The van der Waals surface area contributed by atoms with Crippen molar-refractivity contribution in [2.24, 2.45) is 5.92 Å². The van der Waals surface area contributed by atoms with Crippen LogP contribution in [0, 0.1) is 5.92 Å². The smallest absolute Gasteiger partial charge is 0.124 e. The molecule has 0 spiro atoms. The maximum atomic E-state index is 10.3. The zero-order valence-electron chi connectivity index (χ0n) is 9.72. The summed E-state index contributed by atoms with van der Waals surface area (Å²) in [6.07, 6.45) is 0.508. The maximum absolute atomic E-state index is 10.3. The van der Waals surface area contributed by atoms with Gasteiger partial charge >= 0.3 is 0 Å². The van der Waals surface area contributed by atoms with Crippen molar-refractivity contribution in [3.8, 4) is 5.75 Å². The lowest BCUT2D eigenvalue weighted by molar-refractivity contribution is 0.0420. The highest BCUT2D eigenvalue weighted by Gasteiger charge is 2.32. The summed E-state index contributed by atoms with van der Waals surface area (Å²) in [6, 6.07) is 7.61. The molecule has 1 heterocycles. The summed E-state index contributed by atoms with van der Waals surface area (Å²) < 4.78 is 10.7. The normalized spacial score (nSPS) is 26.7. The van der Waals surface area contributed by atoms with Crippen molar-refractivity contribution in [3.05, 3.63) is 29.8 Å². The Morgan fingerprint density at radius 2 is 2.19 bits per heavy atom. The number of aliphatic hydroxyl groups excluding tert-OH is 1. The average Bonchev–Trinajstić information content (AvgIpc) is 2.74. The van der Waals surface area contributed by atoms with Gasteiger partial charge in [-0.05, 0) is 19.4 Å². The van der Waals surface area contributed by atoms with Crippen molar-refractivity contribution in [1.29, 1.82) is 0 Å². The summed E-state index contributed by atoms with van der Waals surface area (Å²) >= 11 is 0. The molecule has 0 aliphatic carbocycles. The molecule has 1 aliphatic heterocycles. The molecule has 1 N–H and O–H groups in total. The molecule has 1 aromatic rings. The number of ether oxygens (including phenoxy) is 2. The molecule has 2 rings (SSSR count). The summed E-state index contributed by atoms with van der Waals surface area (Å²) in [5.41, 5.74) is 0.854. The molecule has 1 saturated heterocycles. The highest BCUT2D eigenvalue weighted by molar-refractivity contribution is 5.35. The molecule has 0 aromatic heterocycles. The van der Waals surface area contributed by atoms with Gasteiger partial charge in [0, 0.05) is 18.1 Å². The van der Waals surface area contributed by atoms with Gasteiger partial charge < -0.3 is 14.6 Å². The van der Waals surface area contributed by atoms with Gasteiger partial charge in [-0.25, -0.2) is 0 Å². The van der Waals surface area contributed by atoms with Crippen molar-refractivity contribution < 1.29 is 14.6 Å². The van der Waals surface area contributed by atoms with E-state index in [2.05, 4.69) is 0 Å². The molecule has 0 amide bonds. The number of hydrogen-bond donors (Lipinski definition) is 1. The molecule has 0 radical (unpaired) electrons. The molecule has 1 fully saturated rings. The van der Waals surface area contributed by atoms with Crippen LogP contribution in [0.3, 0.4) is 0 Å². The Bertz CT molecular complexity index is 351. The van der Waals surface area contributed by atoms with E-state index in [-0.39, 0.29) is 12.0 Å². The van der Waals surface area contributed by atoms with E-state index >= 15 is 0 Å². The fraction of sp³-hybridized carbons (Fsp3) is 0.538. The molecule has 3 atom stereocenters. The number of benzene rings is 1. The molecule has 1 aliphatic rings. The van der Waals surface area contributed by atoms with Crippen LogP contribution in [-0.4, -0.2) is 24.9 Å². The quantitative estimate of drug-likeness (QED) is 0.851. The second-order valence-electron chi connectivity index (χ2n) is 4.22. The van der Waals surface area contributed by atoms with Gasteiger partial charge in [-0.3, -0.25) is 0 Å². The van der Waals surface area contributed by atoms with Crippen LogP contribution in [0.2, 0.25) is 0 Å². The van der Waals surface area contributed by atoms with Crippen LogP contribution in [0.15, 0.2) is 24.3 Å². The van der Waals surface area contributed by atoms with Crippen molar-refractivity contribution in [1.82, 2.24) is 0 Å². The Morgan fingerprint density at radius 3 is 2.81 bits per heavy atom. The van der Waals surface area contributed by atoms with Gasteiger partial charge in [0.2, 0.25) is 0 Å². The van der Waals surface area contributed by atoms with E-state index in [1.807, 2.05) is 31.2 Å². The first-order chi connectivity index (χ1) is 7.74. The van der Waals surface area contributed by atoms with E-state index in [0.717, 1.165) is 24.3 Å². The van der Waals surface area contributed by atoms with Gasteiger partial charge in [0.05, 0.1) is 19.3 Å². The Balaban J connectivity index is 2.22. The third-order valence-electron chi connectivity index (χ3n) is 3.30. The lowest BCUT2D eigenvalue weighted by Crippen LogP contribution is -2.20. The van der Waals surface area contributed by atoms with Crippen LogP contribution in [0.1, 0.15) is 25.0 Å². The number of para-hydroxylation sites is 1. The molecule has 3 nitrogen and oxygen atoms in total. The first kappa shape index (κ1) is 11.4. The molecule has 3 heteroatoms. The predicted molar refractivity (Wildman–Crippen MR) is 61.5 cm³/mol. The zero-order valence-corrected chi connectivity index (χ0v) is 9.72. The Morgan fingerprint density at radius 1 is 1.44 bits per heavy atom. The van der Waals surface area contributed by atoms with E-state index in [9.17, 15) is 5.11 Å². The predicted octanol–water partition coefficient (Wildman–Crippen LogP) is 2.15. The molecule has 1 aromatic carbocycles. The van der Waals surface area contributed by atoms with Crippen molar-refractivity contribution in [2.45, 2.75) is 25.6 Å². The first-order valence-corrected chi connectivity index (χ1v) is 5.66. The molecular formula is C13H18O3. The minimum absolute atomic E-state index is 0.111. The van der Waals surface area contributed by atoms with Crippen molar-refractivity contribution in [2.75, 3.05) is 13.7 Å². The van der Waals surface area contributed by atoms with E-state index in [0.29, 0.717) is 0 Å². The van der Waals surface area contributed by atoms with E-state index in [1.165, 1.54) is 0 Å². The molecule has 88 valence electrons. The zero-order chi connectivity index (χ0) is 11.5. The van der Waals surface area contributed by atoms with E-state index in [1.54, 1.807) is 7.11 Å². The summed E-state index contributed by atoms with van der Waals surface area (Å²) in [5, 5.41) is 10.3. The largest absolute Gasteiger partial charge is 0.496 e.